The molecule has 6 heteroatoms. The zero-order valence-electron chi connectivity index (χ0n) is 14.7. The second kappa shape index (κ2) is 6.14. The van der Waals surface area contributed by atoms with Gasteiger partial charge in [0.05, 0.1) is 5.56 Å². The Bertz CT molecular complexity index is 909. The maximum atomic E-state index is 13.0. The molecule has 5 rings (SSSR count). The summed E-state index contributed by atoms with van der Waals surface area (Å²) in [6, 6.07) is 8.49. The molecule has 0 radical (unpaired) electrons. The quantitative estimate of drug-likeness (QED) is 0.714. The fraction of sp³-hybridized carbons (Fsp3) is 0.429. The summed E-state index contributed by atoms with van der Waals surface area (Å²) in [6.45, 7) is 3.10. The molecule has 0 aromatic heterocycles. The highest BCUT2D eigenvalue weighted by Gasteiger charge is 2.42. The van der Waals surface area contributed by atoms with Gasteiger partial charge in [-0.15, -0.1) is 0 Å². The molecule has 0 saturated carbocycles. The Morgan fingerprint density at radius 1 is 1.15 bits per heavy atom. The number of aryl methyl sites for hydroxylation is 1. The zero-order chi connectivity index (χ0) is 18.8. The lowest BCUT2D eigenvalue weighted by Gasteiger charge is -2.36. The summed E-state index contributed by atoms with van der Waals surface area (Å²) >= 11 is 6.27. The Balaban J connectivity index is 1.62. The van der Waals surface area contributed by atoms with Crippen LogP contribution in [0.5, 0.6) is 0 Å². The summed E-state index contributed by atoms with van der Waals surface area (Å²) in [4.78, 5) is 2.57. The van der Waals surface area contributed by atoms with E-state index in [2.05, 4.69) is 22.3 Å². The second-order valence-corrected chi connectivity index (χ2v) is 8.14. The number of piperidine rings is 1. The Labute approximate surface area is 161 Å². The van der Waals surface area contributed by atoms with Crippen LogP contribution in [0, 0.1) is 0 Å². The maximum absolute atomic E-state index is 13.0. The van der Waals surface area contributed by atoms with Crippen LogP contribution in [-0.4, -0.2) is 25.7 Å². The normalized spacial score (nSPS) is 23.9. The van der Waals surface area contributed by atoms with Crippen molar-refractivity contribution in [3.05, 3.63) is 52.0 Å². The van der Waals surface area contributed by atoms with E-state index in [0.29, 0.717) is 17.5 Å². The second-order valence-electron chi connectivity index (χ2n) is 7.73. The van der Waals surface area contributed by atoms with Gasteiger partial charge in [0.15, 0.2) is 0 Å². The van der Waals surface area contributed by atoms with E-state index in [4.69, 9.17) is 11.6 Å². The lowest BCUT2D eigenvalue weighted by molar-refractivity contribution is -0.137. The zero-order valence-corrected chi connectivity index (χ0v) is 15.5. The molecule has 0 bridgehead atoms. The van der Waals surface area contributed by atoms with E-state index in [1.54, 1.807) is 0 Å². The highest BCUT2D eigenvalue weighted by molar-refractivity contribution is 6.33. The van der Waals surface area contributed by atoms with E-state index in [0.717, 1.165) is 56.6 Å². The monoisotopic (exact) mass is 392 g/mol. The molecule has 27 heavy (non-hydrogen) atoms. The highest BCUT2D eigenvalue weighted by Crippen LogP contribution is 2.49. The summed E-state index contributed by atoms with van der Waals surface area (Å²) in [5, 5.41) is 3.65. The first-order valence-electron chi connectivity index (χ1n) is 9.45. The van der Waals surface area contributed by atoms with Crippen LogP contribution in [0.2, 0.25) is 5.02 Å². The standard InChI is InChI=1S/C21H20ClF3N2/c22-18-10-14(21(23,24)25)3-4-15(18)13-8-12-2-1-7-27-19-5-6-26-11-17(19)16(9-13)20(12)27/h3-4,8-10,17,19,26H,1-2,5-7,11H2/t17-,19-/m0/s1. The Morgan fingerprint density at radius 2 is 2.00 bits per heavy atom. The summed E-state index contributed by atoms with van der Waals surface area (Å²) in [5.74, 6) is 0.443. The van der Waals surface area contributed by atoms with E-state index in [1.807, 2.05) is 0 Å². The molecule has 2 aromatic carbocycles. The van der Waals surface area contributed by atoms with Crippen molar-refractivity contribution in [2.45, 2.75) is 37.4 Å². The van der Waals surface area contributed by atoms with Crippen LogP contribution in [-0.2, 0) is 12.6 Å². The SMILES string of the molecule is FC(F)(F)c1ccc(-c2cc3c4c(c2)[C@@H]2CNCC[C@@H]2N4CCC3)c(Cl)c1. The van der Waals surface area contributed by atoms with Crippen LogP contribution in [0.4, 0.5) is 18.9 Å². The predicted octanol–water partition coefficient (Wildman–Crippen LogP) is 5.24. The van der Waals surface area contributed by atoms with Crippen molar-refractivity contribution >= 4 is 17.3 Å². The molecule has 0 aliphatic carbocycles. The Morgan fingerprint density at radius 3 is 2.78 bits per heavy atom. The molecule has 1 fully saturated rings. The number of hydrogen-bond donors (Lipinski definition) is 1. The first-order valence-corrected chi connectivity index (χ1v) is 9.82. The predicted molar refractivity (Wildman–Crippen MR) is 102 cm³/mol. The number of nitrogens with zero attached hydrogens (tertiary/aromatic N) is 1. The molecule has 0 unspecified atom stereocenters. The van der Waals surface area contributed by atoms with Gasteiger partial charge in [0.25, 0.3) is 0 Å². The van der Waals surface area contributed by atoms with Crippen LogP contribution in [0.3, 0.4) is 0 Å². The van der Waals surface area contributed by atoms with Gasteiger partial charge in [-0.2, -0.15) is 13.2 Å². The van der Waals surface area contributed by atoms with Crippen molar-refractivity contribution in [1.29, 1.82) is 0 Å². The number of benzene rings is 2. The molecule has 3 aliphatic heterocycles. The maximum Gasteiger partial charge on any atom is 0.416 e. The largest absolute Gasteiger partial charge is 0.416 e. The summed E-state index contributed by atoms with van der Waals surface area (Å²) < 4.78 is 38.9. The molecular weight excluding hydrogens is 373 g/mol. The van der Waals surface area contributed by atoms with Crippen LogP contribution in [0.1, 0.15) is 35.4 Å². The number of rotatable bonds is 1. The van der Waals surface area contributed by atoms with Crippen molar-refractivity contribution in [3.8, 4) is 11.1 Å². The molecular formula is C21H20ClF3N2. The molecule has 142 valence electrons. The number of hydrogen-bond acceptors (Lipinski definition) is 2. The van der Waals surface area contributed by atoms with Gasteiger partial charge in [0.1, 0.15) is 0 Å². The Kier molecular flexibility index (Phi) is 3.96. The van der Waals surface area contributed by atoms with Crippen LogP contribution < -0.4 is 10.2 Å². The van der Waals surface area contributed by atoms with Gasteiger partial charge in [0.2, 0.25) is 0 Å². The van der Waals surface area contributed by atoms with E-state index in [1.165, 1.54) is 22.9 Å². The molecule has 2 nitrogen and oxygen atoms in total. The first kappa shape index (κ1) is 17.4. The summed E-state index contributed by atoms with van der Waals surface area (Å²) in [6.07, 6.45) is -1.12. The van der Waals surface area contributed by atoms with Crippen LogP contribution >= 0.6 is 11.6 Å². The highest BCUT2D eigenvalue weighted by atomic mass is 35.5. The molecule has 1 N–H and O–H groups in total. The molecule has 3 heterocycles. The lowest BCUT2D eigenvalue weighted by Crippen LogP contribution is -2.45. The fourth-order valence-corrected chi connectivity index (χ4v) is 5.33. The minimum atomic E-state index is -4.38. The van der Waals surface area contributed by atoms with E-state index < -0.39 is 11.7 Å². The number of halogens is 4. The van der Waals surface area contributed by atoms with E-state index in [9.17, 15) is 13.2 Å². The Hall–Kier alpha value is -1.72. The third-order valence-electron chi connectivity index (χ3n) is 6.20. The van der Waals surface area contributed by atoms with E-state index in [-0.39, 0.29) is 5.02 Å². The molecule has 1 saturated heterocycles. The van der Waals surface area contributed by atoms with Gasteiger partial charge in [-0.3, -0.25) is 0 Å². The van der Waals surface area contributed by atoms with Gasteiger partial charge in [-0.25, -0.2) is 0 Å². The van der Waals surface area contributed by atoms with Crippen LogP contribution in [0.25, 0.3) is 11.1 Å². The van der Waals surface area contributed by atoms with Crippen molar-refractivity contribution in [1.82, 2.24) is 5.32 Å². The minimum Gasteiger partial charge on any atom is -0.367 e. The van der Waals surface area contributed by atoms with Crippen LogP contribution in [0.15, 0.2) is 30.3 Å². The fourth-order valence-electron chi connectivity index (χ4n) is 5.04. The van der Waals surface area contributed by atoms with Gasteiger partial charge in [-0.1, -0.05) is 17.7 Å². The van der Waals surface area contributed by atoms with Gasteiger partial charge >= 0.3 is 6.18 Å². The van der Waals surface area contributed by atoms with Gasteiger partial charge in [-0.05, 0) is 66.8 Å². The number of nitrogens with one attached hydrogen (secondary N) is 1. The summed E-state index contributed by atoms with van der Waals surface area (Å²) in [5.41, 5.74) is 4.89. The van der Waals surface area contributed by atoms with Crippen molar-refractivity contribution in [2.24, 2.45) is 0 Å². The third kappa shape index (κ3) is 2.74. The average molecular weight is 393 g/mol. The molecule has 2 aromatic rings. The lowest BCUT2D eigenvalue weighted by atomic mass is 9.87. The van der Waals surface area contributed by atoms with E-state index >= 15 is 0 Å². The van der Waals surface area contributed by atoms with Crippen molar-refractivity contribution in [3.63, 3.8) is 0 Å². The van der Waals surface area contributed by atoms with Crippen molar-refractivity contribution < 1.29 is 13.2 Å². The molecule has 0 amide bonds. The smallest absolute Gasteiger partial charge is 0.367 e. The summed E-state index contributed by atoms with van der Waals surface area (Å²) in [7, 11) is 0. The van der Waals surface area contributed by atoms with Crippen molar-refractivity contribution in [2.75, 3.05) is 24.5 Å². The van der Waals surface area contributed by atoms with Gasteiger partial charge in [0, 0.05) is 41.3 Å². The molecule has 2 atom stereocenters. The van der Waals surface area contributed by atoms with Gasteiger partial charge < -0.3 is 10.2 Å². The first-order chi connectivity index (χ1) is 12.9. The number of anilines is 1. The third-order valence-corrected chi connectivity index (χ3v) is 6.52. The number of fused-ring (bicyclic) bond motifs is 3. The minimum absolute atomic E-state index is 0.154. The molecule has 3 aliphatic rings. The number of alkyl halides is 3. The topological polar surface area (TPSA) is 15.3 Å². The molecule has 0 spiro atoms. The average Bonchev–Trinajstić information content (AvgIpc) is 2.97.